The van der Waals surface area contributed by atoms with Gasteiger partial charge in [-0.3, -0.25) is 0 Å². The van der Waals surface area contributed by atoms with Gasteiger partial charge in [0.2, 0.25) is 5.95 Å². The zero-order valence-electron chi connectivity index (χ0n) is 15.2. The van der Waals surface area contributed by atoms with Crippen LogP contribution in [-0.4, -0.2) is 66.1 Å². The van der Waals surface area contributed by atoms with Crippen molar-refractivity contribution >= 4 is 35.2 Å². The van der Waals surface area contributed by atoms with Crippen molar-refractivity contribution in [1.29, 1.82) is 0 Å². The number of ether oxygens (including phenoxy) is 1. The van der Waals surface area contributed by atoms with Gasteiger partial charge in [-0.25, -0.2) is 14.8 Å². The fourth-order valence-corrected chi connectivity index (χ4v) is 3.26. The number of hydrogen-bond acceptors (Lipinski definition) is 5. The van der Waals surface area contributed by atoms with Crippen molar-refractivity contribution in [3.05, 3.63) is 46.2 Å². The van der Waals surface area contributed by atoms with E-state index in [1.54, 1.807) is 49.6 Å². The summed E-state index contributed by atoms with van der Waals surface area (Å²) < 4.78 is 5.70. The number of aromatic nitrogens is 2. The number of carbonyl (C=O) groups is 1. The Morgan fingerprint density at radius 3 is 2.26 bits per heavy atom. The van der Waals surface area contributed by atoms with Crippen molar-refractivity contribution in [3.8, 4) is 5.75 Å². The first kappa shape index (κ1) is 19.5. The molecule has 9 heteroatoms. The number of rotatable bonds is 4. The van der Waals surface area contributed by atoms with Crippen molar-refractivity contribution in [3.63, 3.8) is 0 Å². The summed E-state index contributed by atoms with van der Waals surface area (Å²) in [5.74, 6) is 1.16. The average molecular weight is 410 g/mol. The van der Waals surface area contributed by atoms with Crippen LogP contribution in [0.25, 0.3) is 0 Å². The molecule has 1 aliphatic heterocycles. The predicted molar refractivity (Wildman–Crippen MR) is 106 cm³/mol. The SMILES string of the molecule is CN(C)C(=O)N1CCN(c2ncc(OCc3c(Cl)cccc3Cl)cn2)CC1. The van der Waals surface area contributed by atoms with Gasteiger partial charge in [0.05, 0.1) is 12.4 Å². The average Bonchev–Trinajstić information content (AvgIpc) is 2.67. The number of piperazine rings is 1. The Bertz CT molecular complexity index is 773. The van der Waals surface area contributed by atoms with Crippen molar-refractivity contribution < 1.29 is 9.53 Å². The van der Waals surface area contributed by atoms with E-state index < -0.39 is 0 Å². The van der Waals surface area contributed by atoms with Gasteiger partial charge >= 0.3 is 6.03 Å². The molecule has 1 fully saturated rings. The highest BCUT2D eigenvalue weighted by molar-refractivity contribution is 6.35. The van der Waals surface area contributed by atoms with Crippen LogP contribution in [0.15, 0.2) is 30.6 Å². The number of halogens is 2. The number of carbonyl (C=O) groups excluding carboxylic acids is 1. The highest BCUT2D eigenvalue weighted by Crippen LogP contribution is 2.25. The van der Waals surface area contributed by atoms with Gasteiger partial charge in [0.15, 0.2) is 5.75 Å². The van der Waals surface area contributed by atoms with Crippen LogP contribution in [0.3, 0.4) is 0 Å². The maximum Gasteiger partial charge on any atom is 0.319 e. The molecule has 27 heavy (non-hydrogen) atoms. The van der Waals surface area contributed by atoms with E-state index in [9.17, 15) is 4.79 Å². The molecule has 2 amide bonds. The van der Waals surface area contributed by atoms with Crippen LogP contribution < -0.4 is 9.64 Å². The molecule has 1 saturated heterocycles. The minimum atomic E-state index is 0.0255. The Balaban J connectivity index is 1.56. The van der Waals surface area contributed by atoms with Crippen LogP contribution >= 0.6 is 23.2 Å². The fraction of sp³-hybridized carbons (Fsp3) is 0.389. The van der Waals surface area contributed by atoms with Gasteiger partial charge in [-0.05, 0) is 12.1 Å². The third-order valence-electron chi connectivity index (χ3n) is 4.27. The van der Waals surface area contributed by atoms with Crippen molar-refractivity contribution in [1.82, 2.24) is 19.8 Å². The molecule has 1 aromatic heterocycles. The molecule has 2 aromatic rings. The number of amides is 2. The zero-order valence-corrected chi connectivity index (χ0v) is 16.7. The quantitative estimate of drug-likeness (QED) is 0.775. The Hall–Kier alpha value is -2.25. The molecule has 0 radical (unpaired) electrons. The van der Waals surface area contributed by atoms with Crippen LogP contribution in [0, 0.1) is 0 Å². The van der Waals surface area contributed by atoms with Crippen molar-refractivity contribution in [2.45, 2.75) is 6.61 Å². The van der Waals surface area contributed by atoms with Gasteiger partial charge in [0.1, 0.15) is 6.61 Å². The predicted octanol–water partition coefficient (Wildman–Crippen LogP) is 3.17. The van der Waals surface area contributed by atoms with Crippen molar-refractivity contribution in [2.24, 2.45) is 0 Å². The lowest BCUT2D eigenvalue weighted by Gasteiger charge is -2.35. The molecule has 144 valence electrons. The van der Waals surface area contributed by atoms with E-state index >= 15 is 0 Å². The van der Waals surface area contributed by atoms with Gasteiger partial charge in [-0.1, -0.05) is 29.3 Å². The molecule has 0 unspecified atom stereocenters. The first-order valence-corrected chi connectivity index (χ1v) is 9.30. The molecule has 1 aliphatic rings. The van der Waals surface area contributed by atoms with E-state index in [0.29, 0.717) is 47.9 Å². The second-order valence-electron chi connectivity index (χ2n) is 6.36. The van der Waals surface area contributed by atoms with E-state index in [4.69, 9.17) is 27.9 Å². The van der Waals surface area contributed by atoms with E-state index in [2.05, 4.69) is 9.97 Å². The van der Waals surface area contributed by atoms with E-state index in [1.165, 1.54) is 0 Å². The van der Waals surface area contributed by atoms with Gasteiger partial charge in [-0.15, -0.1) is 0 Å². The number of hydrogen-bond donors (Lipinski definition) is 0. The van der Waals surface area contributed by atoms with Gasteiger partial charge in [0.25, 0.3) is 0 Å². The summed E-state index contributed by atoms with van der Waals surface area (Å²) in [7, 11) is 3.51. The highest BCUT2D eigenvalue weighted by atomic mass is 35.5. The largest absolute Gasteiger partial charge is 0.486 e. The molecule has 0 bridgehead atoms. The molecule has 0 atom stereocenters. The fourth-order valence-electron chi connectivity index (χ4n) is 2.75. The van der Waals surface area contributed by atoms with Crippen LogP contribution in [0.2, 0.25) is 10.0 Å². The maximum atomic E-state index is 12.0. The zero-order chi connectivity index (χ0) is 19.4. The molecule has 7 nitrogen and oxygen atoms in total. The standard InChI is InChI=1S/C18H21Cl2N5O2/c1-23(2)18(26)25-8-6-24(7-9-25)17-21-10-13(11-22-17)27-12-14-15(19)4-3-5-16(14)20/h3-5,10-11H,6-9,12H2,1-2H3. The maximum absolute atomic E-state index is 12.0. The first-order valence-electron chi connectivity index (χ1n) is 8.54. The summed E-state index contributed by atoms with van der Waals surface area (Å²) in [6.45, 7) is 2.91. The highest BCUT2D eigenvalue weighted by Gasteiger charge is 2.23. The van der Waals surface area contributed by atoms with Crippen LogP contribution in [0.4, 0.5) is 10.7 Å². The molecule has 1 aromatic carbocycles. The summed E-state index contributed by atoms with van der Waals surface area (Å²) >= 11 is 12.3. The van der Waals surface area contributed by atoms with Crippen molar-refractivity contribution in [2.75, 3.05) is 45.2 Å². The van der Waals surface area contributed by atoms with E-state index in [1.807, 2.05) is 9.80 Å². The van der Waals surface area contributed by atoms with Crippen LogP contribution in [0.5, 0.6) is 5.75 Å². The Morgan fingerprint density at radius 2 is 1.70 bits per heavy atom. The summed E-state index contributed by atoms with van der Waals surface area (Å²) in [4.78, 5) is 26.2. The second kappa shape index (κ2) is 8.63. The molecule has 2 heterocycles. The van der Waals surface area contributed by atoms with E-state index in [0.717, 1.165) is 5.56 Å². The Morgan fingerprint density at radius 1 is 1.11 bits per heavy atom. The number of benzene rings is 1. The normalized spacial score (nSPS) is 14.2. The number of nitrogens with zero attached hydrogens (tertiary/aromatic N) is 5. The number of anilines is 1. The summed E-state index contributed by atoms with van der Waals surface area (Å²) in [5, 5.41) is 1.12. The first-order chi connectivity index (χ1) is 13.0. The second-order valence-corrected chi connectivity index (χ2v) is 7.17. The number of urea groups is 1. The molecule has 0 saturated carbocycles. The lowest BCUT2D eigenvalue weighted by molar-refractivity contribution is 0.167. The molecular formula is C18H21Cl2N5O2. The molecule has 3 rings (SSSR count). The van der Waals surface area contributed by atoms with Crippen LogP contribution in [-0.2, 0) is 6.61 Å². The minimum absolute atomic E-state index is 0.0255. The molecule has 0 aliphatic carbocycles. The molecule has 0 spiro atoms. The topological polar surface area (TPSA) is 61.8 Å². The molecule has 0 N–H and O–H groups in total. The van der Waals surface area contributed by atoms with Gasteiger partial charge < -0.3 is 19.4 Å². The monoisotopic (exact) mass is 409 g/mol. The lowest BCUT2D eigenvalue weighted by Crippen LogP contribution is -2.51. The van der Waals surface area contributed by atoms with Gasteiger partial charge in [0, 0.05) is 55.9 Å². The third kappa shape index (κ3) is 4.73. The summed E-state index contributed by atoms with van der Waals surface area (Å²) in [5.41, 5.74) is 0.728. The minimum Gasteiger partial charge on any atom is -0.486 e. The third-order valence-corrected chi connectivity index (χ3v) is 4.98. The summed E-state index contributed by atoms with van der Waals surface area (Å²) in [6, 6.07) is 5.36. The van der Waals surface area contributed by atoms with E-state index in [-0.39, 0.29) is 12.6 Å². The van der Waals surface area contributed by atoms with Gasteiger partial charge in [-0.2, -0.15) is 0 Å². The molecular weight excluding hydrogens is 389 g/mol. The van der Waals surface area contributed by atoms with Crippen LogP contribution in [0.1, 0.15) is 5.56 Å². The Labute approximate surface area is 168 Å². The summed E-state index contributed by atoms with van der Waals surface area (Å²) in [6.07, 6.45) is 3.26. The Kier molecular flexibility index (Phi) is 6.23. The smallest absolute Gasteiger partial charge is 0.319 e. The lowest BCUT2D eigenvalue weighted by atomic mass is 10.2.